The van der Waals surface area contributed by atoms with Crippen LogP contribution in [0.1, 0.15) is 27.2 Å². The van der Waals surface area contributed by atoms with E-state index >= 15 is 0 Å². The van der Waals surface area contributed by atoms with Crippen LogP contribution < -0.4 is 5.73 Å². The average molecular weight is 250 g/mol. The van der Waals surface area contributed by atoms with Crippen molar-refractivity contribution in [1.29, 1.82) is 0 Å². The summed E-state index contributed by atoms with van der Waals surface area (Å²) in [7, 11) is 0. The Labute approximate surface area is 105 Å². The fourth-order valence-electron chi connectivity index (χ4n) is 2.12. The van der Waals surface area contributed by atoms with Gasteiger partial charge in [-0.3, -0.25) is 9.69 Å². The lowest BCUT2D eigenvalue weighted by molar-refractivity contribution is -0.135. The quantitative estimate of drug-likeness (QED) is 0.798. The van der Waals surface area contributed by atoms with Gasteiger partial charge in [-0.25, -0.2) is 0 Å². The van der Waals surface area contributed by atoms with Crippen LogP contribution in [0, 0.1) is 0 Å². The minimum atomic E-state index is -0.0153. The van der Waals surface area contributed by atoms with Crippen molar-refractivity contribution < 1.29 is 4.79 Å². The lowest BCUT2D eigenvalue weighted by atomic mass is 10.2. The Hall–Kier alpha value is -0.320. The van der Waals surface area contributed by atoms with Gasteiger partial charge in [-0.1, -0.05) is 0 Å². The molecule has 1 amide bonds. The summed E-state index contributed by atoms with van der Waals surface area (Å²) >= 11 is 0. The van der Waals surface area contributed by atoms with Gasteiger partial charge < -0.3 is 10.6 Å². The van der Waals surface area contributed by atoms with Gasteiger partial charge in [0, 0.05) is 32.2 Å². The molecule has 1 aliphatic rings. The van der Waals surface area contributed by atoms with Crippen LogP contribution in [0.5, 0.6) is 0 Å². The van der Waals surface area contributed by atoms with E-state index in [1.807, 2.05) is 25.7 Å². The van der Waals surface area contributed by atoms with Gasteiger partial charge in [-0.15, -0.1) is 12.4 Å². The van der Waals surface area contributed by atoms with E-state index in [1.54, 1.807) is 0 Å². The predicted octanol–water partition coefficient (Wildman–Crippen LogP) is 0.698. The summed E-state index contributed by atoms with van der Waals surface area (Å²) in [5.74, 6) is 0.231. The van der Waals surface area contributed by atoms with Crippen LogP contribution in [-0.4, -0.2) is 54.0 Å². The molecular weight excluding hydrogens is 226 g/mol. The molecule has 1 unspecified atom stereocenters. The van der Waals surface area contributed by atoms with Crippen molar-refractivity contribution >= 4 is 18.3 Å². The highest BCUT2D eigenvalue weighted by atomic mass is 35.5. The second-order valence-corrected chi connectivity index (χ2v) is 4.23. The summed E-state index contributed by atoms with van der Waals surface area (Å²) in [5.41, 5.74) is 5.84. The number of rotatable bonds is 4. The molecule has 5 heteroatoms. The van der Waals surface area contributed by atoms with Crippen molar-refractivity contribution in [2.75, 3.05) is 26.2 Å². The molecule has 96 valence electrons. The third-order valence-corrected chi connectivity index (χ3v) is 3.24. The molecule has 0 radical (unpaired) electrons. The van der Waals surface area contributed by atoms with E-state index in [0.717, 1.165) is 32.6 Å². The number of halogens is 1. The van der Waals surface area contributed by atoms with Gasteiger partial charge in [0.2, 0.25) is 5.91 Å². The lowest BCUT2D eigenvalue weighted by Gasteiger charge is -2.28. The first-order valence-electron chi connectivity index (χ1n) is 5.88. The predicted molar refractivity (Wildman–Crippen MR) is 68.8 cm³/mol. The van der Waals surface area contributed by atoms with Gasteiger partial charge in [0.1, 0.15) is 0 Å². The van der Waals surface area contributed by atoms with Crippen molar-refractivity contribution in [3.8, 4) is 0 Å². The third kappa shape index (κ3) is 3.61. The Kier molecular flexibility index (Phi) is 6.95. The highest BCUT2D eigenvalue weighted by Crippen LogP contribution is 2.12. The van der Waals surface area contributed by atoms with E-state index in [-0.39, 0.29) is 30.4 Å². The standard InChI is InChI=1S/C11H23N3O.ClH/c1-4-13(5-2)11(15)9(3)14-7-6-10(12)8-14;/h9-10H,4-8,12H2,1-3H3;1H/t9?,10-;/m1./s1. The highest BCUT2D eigenvalue weighted by molar-refractivity contribution is 5.85. The number of hydrogen-bond donors (Lipinski definition) is 1. The molecule has 2 atom stereocenters. The molecule has 0 saturated carbocycles. The van der Waals surface area contributed by atoms with Crippen LogP contribution in [0.25, 0.3) is 0 Å². The molecule has 0 spiro atoms. The smallest absolute Gasteiger partial charge is 0.239 e. The molecule has 0 bridgehead atoms. The number of hydrogen-bond acceptors (Lipinski definition) is 3. The minimum absolute atomic E-state index is 0. The molecule has 1 heterocycles. The third-order valence-electron chi connectivity index (χ3n) is 3.24. The zero-order chi connectivity index (χ0) is 11.4. The topological polar surface area (TPSA) is 49.6 Å². The first kappa shape index (κ1) is 15.7. The molecule has 0 aliphatic carbocycles. The molecule has 0 aromatic carbocycles. The summed E-state index contributed by atoms with van der Waals surface area (Å²) in [4.78, 5) is 16.1. The van der Waals surface area contributed by atoms with Crippen molar-refractivity contribution in [3.05, 3.63) is 0 Å². The summed E-state index contributed by atoms with van der Waals surface area (Å²) in [6, 6.07) is 0.232. The fourth-order valence-corrected chi connectivity index (χ4v) is 2.12. The number of carbonyl (C=O) groups is 1. The van der Waals surface area contributed by atoms with Crippen LogP contribution in [-0.2, 0) is 4.79 Å². The van der Waals surface area contributed by atoms with Crippen LogP contribution in [0.15, 0.2) is 0 Å². The zero-order valence-electron chi connectivity index (χ0n) is 10.5. The van der Waals surface area contributed by atoms with Crippen molar-refractivity contribution in [2.45, 2.75) is 39.3 Å². The van der Waals surface area contributed by atoms with Gasteiger partial charge >= 0.3 is 0 Å². The van der Waals surface area contributed by atoms with Gasteiger partial charge in [-0.05, 0) is 27.2 Å². The van der Waals surface area contributed by atoms with Gasteiger partial charge in [-0.2, -0.15) is 0 Å². The second kappa shape index (κ2) is 7.09. The molecule has 1 aliphatic heterocycles. The van der Waals surface area contributed by atoms with Gasteiger partial charge in [0.15, 0.2) is 0 Å². The minimum Gasteiger partial charge on any atom is -0.342 e. The Bertz CT molecular complexity index is 221. The van der Waals surface area contributed by atoms with E-state index in [1.165, 1.54) is 0 Å². The fraction of sp³-hybridized carbons (Fsp3) is 0.909. The average Bonchev–Trinajstić information content (AvgIpc) is 2.65. The maximum atomic E-state index is 12.0. The van der Waals surface area contributed by atoms with Crippen LogP contribution in [0.3, 0.4) is 0 Å². The summed E-state index contributed by atoms with van der Waals surface area (Å²) in [6.07, 6.45) is 1.01. The van der Waals surface area contributed by atoms with E-state index in [2.05, 4.69) is 4.90 Å². The molecule has 2 N–H and O–H groups in total. The van der Waals surface area contributed by atoms with E-state index in [0.29, 0.717) is 0 Å². The first-order chi connectivity index (χ1) is 7.10. The van der Waals surface area contributed by atoms with E-state index in [9.17, 15) is 4.79 Å². The largest absolute Gasteiger partial charge is 0.342 e. The van der Waals surface area contributed by atoms with E-state index < -0.39 is 0 Å². The number of nitrogens with zero attached hydrogens (tertiary/aromatic N) is 2. The maximum Gasteiger partial charge on any atom is 0.239 e. The normalized spacial score (nSPS) is 22.6. The highest BCUT2D eigenvalue weighted by Gasteiger charge is 2.29. The Morgan fingerprint density at radius 2 is 2.06 bits per heavy atom. The molecular formula is C11H24ClN3O. The molecule has 0 aromatic heterocycles. The molecule has 0 aromatic rings. The number of likely N-dealkylation sites (N-methyl/N-ethyl adjacent to an activating group) is 1. The Morgan fingerprint density at radius 3 is 2.44 bits per heavy atom. The molecule has 16 heavy (non-hydrogen) atoms. The van der Waals surface area contributed by atoms with E-state index in [4.69, 9.17) is 5.73 Å². The molecule has 1 fully saturated rings. The summed E-state index contributed by atoms with van der Waals surface area (Å²) in [6.45, 7) is 9.41. The zero-order valence-corrected chi connectivity index (χ0v) is 11.3. The Morgan fingerprint density at radius 1 is 1.50 bits per heavy atom. The van der Waals surface area contributed by atoms with Crippen LogP contribution >= 0.6 is 12.4 Å². The number of nitrogens with two attached hydrogens (primary N) is 1. The number of likely N-dealkylation sites (tertiary alicyclic amines) is 1. The van der Waals surface area contributed by atoms with Crippen molar-refractivity contribution in [1.82, 2.24) is 9.80 Å². The van der Waals surface area contributed by atoms with Crippen LogP contribution in [0.4, 0.5) is 0 Å². The number of amides is 1. The summed E-state index contributed by atoms with van der Waals surface area (Å²) < 4.78 is 0. The maximum absolute atomic E-state index is 12.0. The first-order valence-corrected chi connectivity index (χ1v) is 5.88. The molecule has 4 nitrogen and oxygen atoms in total. The molecule has 1 saturated heterocycles. The Balaban J connectivity index is 0.00000225. The summed E-state index contributed by atoms with van der Waals surface area (Å²) in [5, 5.41) is 0. The van der Waals surface area contributed by atoms with Gasteiger partial charge in [0.25, 0.3) is 0 Å². The monoisotopic (exact) mass is 249 g/mol. The van der Waals surface area contributed by atoms with Crippen molar-refractivity contribution in [3.63, 3.8) is 0 Å². The van der Waals surface area contributed by atoms with Crippen LogP contribution in [0.2, 0.25) is 0 Å². The second-order valence-electron chi connectivity index (χ2n) is 4.23. The van der Waals surface area contributed by atoms with Crippen molar-refractivity contribution in [2.24, 2.45) is 5.73 Å². The SMILES string of the molecule is CCN(CC)C(=O)C(C)N1CC[C@@H](N)C1.Cl. The van der Waals surface area contributed by atoms with Gasteiger partial charge in [0.05, 0.1) is 6.04 Å². The number of carbonyl (C=O) groups excluding carboxylic acids is 1. The molecule has 1 rings (SSSR count). The lowest BCUT2D eigenvalue weighted by Crippen LogP contribution is -2.46.